The first kappa shape index (κ1) is 25.6. The molecule has 0 spiro atoms. The summed E-state index contributed by atoms with van der Waals surface area (Å²) >= 11 is 1.65. The van der Waals surface area contributed by atoms with Crippen LogP contribution in [0.25, 0.3) is 0 Å². The minimum absolute atomic E-state index is 0.00258. The molecule has 3 aromatic rings. The molecular weight excluding hydrogens is 447 g/mol. The second-order valence-electron chi connectivity index (χ2n) is 8.95. The van der Waals surface area contributed by atoms with Gasteiger partial charge in [0.1, 0.15) is 12.4 Å². The molecule has 2 aromatic carbocycles. The maximum absolute atomic E-state index is 13.6. The molecule has 2 amide bonds. The van der Waals surface area contributed by atoms with Crippen LogP contribution in [0.1, 0.15) is 51.5 Å². The zero-order valence-corrected chi connectivity index (χ0v) is 21.2. The highest BCUT2D eigenvalue weighted by Gasteiger charge is 2.24. The third-order valence-electron chi connectivity index (χ3n) is 5.92. The van der Waals surface area contributed by atoms with Crippen molar-refractivity contribution in [1.82, 2.24) is 9.80 Å². The number of aryl methyl sites for hydroxylation is 2. The number of hydrogen-bond donors (Lipinski definition) is 0. The number of benzene rings is 2. The highest BCUT2D eigenvalue weighted by atomic mass is 32.1. The minimum Gasteiger partial charge on any atom is -0.332 e. The molecule has 0 N–H and O–H groups in total. The molecule has 0 saturated heterocycles. The van der Waals surface area contributed by atoms with Gasteiger partial charge in [0.2, 0.25) is 5.91 Å². The quantitative estimate of drug-likeness (QED) is 0.346. The van der Waals surface area contributed by atoms with Crippen LogP contribution in [0.5, 0.6) is 0 Å². The summed E-state index contributed by atoms with van der Waals surface area (Å²) in [6.45, 7) is 9.50. The third-order valence-corrected chi connectivity index (χ3v) is 6.91. The van der Waals surface area contributed by atoms with Gasteiger partial charge >= 0.3 is 0 Å². The van der Waals surface area contributed by atoms with Gasteiger partial charge in [-0.2, -0.15) is 0 Å². The average Bonchev–Trinajstić information content (AvgIpc) is 3.24. The molecule has 34 heavy (non-hydrogen) atoms. The second kappa shape index (κ2) is 11.9. The van der Waals surface area contributed by atoms with Gasteiger partial charge in [0.05, 0.1) is 6.54 Å². The van der Waals surface area contributed by atoms with Gasteiger partial charge in [-0.1, -0.05) is 50.1 Å². The molecule has 180 valence electrons. The molecule has 1 atom stereocenters. The molecule has 0 unspecified atom stereocenters. The fraction of sp³-hybridized carbons (Fsp3) is 0.357. The lowest BCUT2D eigenvalue weighted by atomic mass is 10.1. The molecule has 0 fully saturated rings. The molecule has 4 nitrogen and oxygen atoms in total. The van der Waals surface area contributed by atoms with E-state index in [0.29, 0.717) is 25.2 Å². The maximum atomic E-state index is 13.6. The van der Waals surface area contributed by atoms with E-state index in [2.05, 4.69) is 13.8 Å². The Morgan fingerprint density at radius 2 is 1.59 bits per heavy atom. The molecule has 0 aliphatic rings. The molecule has 6 heteroatoms. The van der Waals surface area contributed by atoms with E-state index in [9.17, 15) is 14.0 Å². The Labute approximate surface area is 206 Å². The summed E-state index contributed by atoms with van der Waals surface area (Å²) in [6, 6.07) is 17.7. The average molecular weight is 481 g/mol. The van der Waals surface area contributed by atoms with E-state index in [1.54, 1.807) is 33.3 Å². The first-order valence-electron chi connectivity index (χ1n) is 11.7. The predicted molar refractivity (Wildman–Crippen MR) is 136 cm³/mol. The highest BCUT2D eigenvalue weighted by molar-refractivity contribution is 7.11. The molecule has 0 bridgehead atoms. The summed E-state index contributed by atoms with van der Waals surface area (Å²) in [7, 11) is 0. The first-order valence-corrected chi connectivity index (χ1v) is 12.5. The topological polar surface area (TPSA) is 40.6 Å². The predicted octanol–water partition coefficient (Wildman–Crippen LogP) is 6.22. The lowest BCUT2D eigenvalue weighted by molar-refractivity contribution is -0.133. The number of halogens is 1. The van der Waals surface area contributed by atoms with Crippen molar-refractivity contribution in [3.63, 3.8) is 0 Å². The Morgan fingerprint density at radius 3 is 2.18 bits per heavy atom. The van der Waals surface area contributed by atoms with Crippen molar-refractivity contribution in [2.75, 3.05) is 13.1 Å². The van der Waals surface area contributed by atoms with Gasteiger partial charge in [0.25, 0.3) is 5.91 Å². The van der Waals surface area contributed by atoms with Crippen molar-refractivity contribution in [1.29, 1.82) is 0 Å². The zero-order valence-electron chi connectivity index (χ0n) is 20.4. The Hall–Kier alpha value is -2.99. The van der Waals surface area contributed by atoms with Gasteiger partial charge in [-0.3, -0.25) is 9.59 Å². The molecule has 0 saturated carbocycles. The van der Waals surface area contributed by atoms with Gasteiger partial charge in [0.15, 0.2) is 0 Å². The molecule has 1 aromatic heterocycles. The van der Waals surface area contributed by atoms with Gasteiger partial charge in [-0.15, -0.1) is 11.3 Å². The standard InChI is InChI=1S/C28H33FN2O2S/c1-5-20(2)16-31(28(33)24-11-6-21(3)7-12-24)19-27(32)30(18-26-15-8-22(4)34-26)17-23-9-13-25(29)14-10-23/h6-15,20H,5,16-19H2,1-4H3/t20-/m1/s1. The van der Waals surface area contributed by atoms with Crippen LogP contribution in [-0.4, -0.2) is 34.7 Å². The van der Waals surface area contributed by atoms with E-state index in [4.69, 9.17) is 0 Å². The number of thiophene rings is 1. The van der Waals surface area contributed by atoms with Gasteiger partial charge in [-0.05, 0) is 61.7 Å². The number of rotatable bonds is 10. The lowest BCUT2D eigenvalue weighted by Gasteiger charge is -2.29. The molecule has 0 radical (unpaired) electrons. The van der Waals surface area contributed by atoms with Crippen molar-refractivity contribution in [2.45, 2.75) is 47.2 Å². The molecule has 0 aliphatic carbocycles. The van der Waals surface area contributed by atoms with Crippen LogP contribution < -0.4 is 0 Å². The van der Waals surface area contributed by atoms with Gasteiger partial charge in [0, 0.05) is 28.4 Å². The number of nitrogens with zero attached hydrogens (tertiary/aromatic N) is 2. The SMILES string of the molecule is CC[C@@H](C)CN(CC(=O)N(Cc1ccc(F)cc1)Cc1ccc(C)s1)C(=O)c1ccc(C)cc1. The summed E-state index contributed by atoms with van der Waals surface area (Å²) in [6.07, 6.45) is 0.916. The number of carbonyl (C=O) groups excluding carboxylic acids is 2. The summed E-state index contributed by atoms with van der Waals surface area (Å²) in [5.74, 6) is -0.298. The van der Waals surface area contributed by atoms with Crippen LogP contribution in [0.4, 0.5) is 4.39 Å². The Bertz CT molecular complexity index is 1090. The van der Waals surface area contributed by atoms with Crippen LogP contribution >= 0.6 is 11.3 Å². The van der Waals surface area contributed by atoms with E-state index < -0.39 is 0 Å². The first-order chi connectivity index (χ1) is 16.2. The molecule has 1 heterocycles. The Morgan fingerprint density at radius 1 is 0.912 bits per heavy atom. The van der Waals surface area contributed by atoms with E-state index in [1.807, 2.05) is 50.2 Å². The Kier molecular flexibility index (Phi) is 8.99. The lowest BCUT2D eigenvalue weighted by Crippen LogP contribution is -2.44. The van der Waals surface area contributed by atoms with Crippen LogP contribution in [0.3, 0.4) is 0 Å². The molecular formula is C28H33FN2O2S. The van der Waals surface area contributed by atoms with Crippen molar-refractivity contribution >= 4 is 23.2 Å². The van der Waals surface area contributed by atoms with E-state index >= 15 is 0 Å². The zero-order chi connectivity index (χ0) is 24.7. The van der Waals surface area contributed by atoms with Crippen LogP contribution in [0.2, 0.25) is 0 Å². The van der Waals surface area contributed by atoms with Crippen LogP contribution in [0.15, 0.2) is 60.7 Å². The second-order valence-corrected chi connectivity index (χ2v) is 10.3. The highest BCUT2D eigenvalue weighted by Crippen LogP contribution is 2.20. The third kappa shape index (κ3) is 7.26. The number of hydrogen-bond acceptors (Lipinski definition) is 3. The summed E-state index contributed by atoms with van der Waals surface area (Å²) < 4.78 is 13.4. The Balaban J connectivity index is 1.83. The van der Waals surface area contributed by atoms with E-state index in [-0.39, 0.29) is 30.1 Å². The van der Waals surface area contributed by atoms with Crippen molar-refractivity contribution in [2.24, 2.45) is 5.92 Å². The van der Waals surface area contributed by atoms with Gasteiger partial charge in [-0.25, -0.2) is 4.39 Å². The van der Waals surface area contributed by atoms with Gasteiger partial charge < -0.3 is 9.80 Å². The largest absolute Gasteiger partial charge is 0.332 e. The monoisotopic (exact) mass is 480 g/mol. The van der Waals surface area contributed by atoms with E-state index in [0.717, 1.165) is 22.4 Å². The van der Waals surface area contributed by atoms with E-state index in [1.165, 1.54) is 17.0 Å². The van der Waals surface area contributed by atoms with Crippen LogP contribution in [-0.2, 0) is 17.9 Å². The normalized spacial score (nSPS) is 11.8. The minimum atomic E-state index is -0.307. The maximum Gasteiger partial charge on any atom is 0.254 e. The molecule has 3 rings (SSSR count). The smallest absolute Gasteiger partial charge is 0.254 e. The van der Waals surface area contributed by atoms with Crippen molar-refractivity contribution < 1.29 is 14.0 Å². The van der Waals surface area contributed by atoms with Crippen molar-refractivity contribution in [3.8, 4) is 0 Å². The summed E-state index contributed by atoms with van der Waals surface area (Å²) in [4.78, 5) is 32.6. The number of carbonyl (C=O) groups is 2. The fourth-order valence-corrected chi connectivity index (χ4v) is 4.57. The fourth-order valence-electron chi connectivity index (χ4n) is 3.67. The number of amides is 2. The molecule has 0 aliphatic heterocycles. The summed E-state index contributed by atoms with van der Waals surface area (Å²) in [5.41, 5.74) is 2.51. The van der Waals surface area contributed by atoms with Crippen molar-refractivity contribution in [3.05, 3.63) is 92.9 Å². The summed E-state index contributed by atoms with van der Waals surface area (Å²) in [5, 5.41) is 0. The van der Waals surface area contributed by atoms with Crippen LogP contribution in [0, 0.1) is 25.6 Å².